The van der Waals surface area contributed by atoms with Gasteiger partial charge in [0.15, 0.2) is 6.61 Å². The molecule has 1 aromatic carbocycles. The maximum atomic E-state index is 12.2. The maximum Gasteiger partial charge on any atom is 0.338 e. The molecule has 27 heavy (non-hydrogen) atoms. The van der Waals surface area contributed by atoms with Crippen molar-refractivity contribution in [1.82, 2.24) is 4.90 Å². The summed E-state index contributed by atoms with van der Waals surface area (Å²) < 4.78 is 10.7. The monoisotopic (exact) mass is 374 g/mol. The standard InChI is InChI=1S/C19H22N2O6/c1-12-9-20(10-13(2)27-12)18(24)11-26-19(25)14-3-5-15(6-4-14)21-16(22)7-8-17(21)23/h3-6,12-13H,7-11H2,1-2H3/t12-,13-/m1/s1. The summed E-state index contributed by atoms with van der Waals surface area (Å²) in [6, 6.07) is 5.98. The van der Waals surface area contributed by atoms with Crippen LogP contribution in [0.2, 0.25) is 0 Å². The van der Waals surface area contributed by atoms with E-state index in [-0.39, 0.29) is 54.9 Å². The van der Waals surface area contributed by atoms with Gasteiger partial charge in [0.1, 0.15) is 0 Å². The summed E-state index contributed by atoms with van der Waals surface area (Å²) in [5.74, 6) is -1.41. The number of esters is 1. The molecule has 2 aliphatic rings. The van der Waals surface area contributed by atoms with Crippen molar-refractivity contribution < 1.29 is 28.7 Å². The van der Waals surface area contributed by atoms with Gasteiger partial charge in [-0.25, -0.2) is 4.79 Å². The third kappa shape index (κ3) is 4.33. The molecule has 0 unspecified atom stereocenters. The zero-order chi connectivity index (χ0) is 19.6. The third-order valence-electron chi connectivity index (χ3n) is 4.51. The highest BCUT2D eigenvalue weighted by Gasteiger charge is 2.30. The number of hydrogen-bond acceptors (Lipinski definition) is 6. The molecule has 0 radical (unpaired) electrons. The number of imide groups is 1. The molecule has 2 aliphatic heterocycles. The first-order chi connectivity index (χ1) is 12.8. The largest absolute Gasteiger partial charge is 0.452 e. The molecular formula is C19H22N2O6. The average Bonchev–Trinajstić information content (AvgIpc) is 2.97. The quantitative estimate of drug-likeness (QED) is 0.579. The Morgan fingerprint density at radius 2 is 1.59 bits per heavy atom. The second kappa shape index (κ2) is 7.87. The van der Waals surface area contributed by atoms with Gasteiger partial charge in [0.2, 0.25) is 11.8 Å². The van der Waals surface area contributed by atoms with Gasteiger partial charge >= 0.3 is 5.97 Å². The Morgan fingerprint density at radius 1 is 1.04 bits per heavy atom. The first-order valence-electron chi connectivity index (χ1n) is 8.91. The van der Waals surface area contributed by atoms with Crippen molar-refractivity contribution in [2.45, 2.75) is 38.9 Å². The van der Waals surface area contributed by atoms with Crippen molar-refractivity contribution in [3.8, 4) is 0 Å². The molecule has 1 aromatic rings. The molecule has 144 valence electrons. The third-order valence-corrected chi connectivity index (χ3v) is 4.51. The number of nitrogens with zero attached hydrogens (tertiary/aromatic N) is 2. The number of rotatable bonds is 4. The van der Waals surface area contributed by atoms with E-state index in [2.05, 4.69) is 0 Å². The summed E-state index contributed by atoms with van der Waals surface area (Å²) in [5.41, 5.74) is 0.667. The number of carbonyl (C=O) groups excluding carboxylic acids is 4. The van der Waals surface area contributed by atoms with Gasteiger partial charge in [0, 0.05) is 25.9 Å². The second-order valence-electron chi connectivity index (χ2n) is 6.80. The van der Waals surface area contributed by atoms with Gasteiger partial charge in [0.05, 0.1) is 23.5 Å². The predicted octanol–water partition coefficient (Wildman–Crippen LogP) is 1.13. The van der Waals surface area contributed by atoms with E-state index in [0.29, 0.717) is 18.8 Å². The summed E-state index contributed by atoms with van der Waals surface area (Å²) in [7, 11) is 0. The fraction of sp³-hybridized carbons (Fsp3) is 0.474. The second-order valence-corrected chi connectivity index (χ2v) is 6.80. The minimum atomic E-state index is -0.636. The molecule has 8 heteroatoms. The molecule has 2 heterocycles. The van der Waals surface area contributed by atoms with Gasteiger partial charge in [-0.2, -0.15) is 0 Å². The number of morpholine rings is 1. The lowest BCUT2D eigenvalue weighted by Crippen LogP contribution is -2.49. The van der Waals surface area contributed by atoms with E-state index in [4.69, 9.17) is 9.47 Å². The average molecular weight is 374 g/mol. The zero-order valence-corrected chi connectivity index (χ0v) is 15.3. The van der Waals surface area contributed by atoms with E-state index in [1.807, 2.05) is 13.8 Å². The molecule has 8 nitrogen and oxygen atoms in total. The molecule has 2 saturated heterocycles. The van der Waals surface area contributed by atoms with Crippen LogP contribution in [0.5, 0.6) is 0 Å². The van der Waals surface area contributed by atoms with Crippen molar-refractivity contribution in [2.75, 3.05) is 24.6 Å². The normalized spacial score (nSPS) is 22.9. The van der Waals surface area contributed by atoms with Gasteiger partial charge in [-0.15, -0.1) is 0 Å². The molecule has 0 spiro atoms. The molecular weight excluding hydrogens is 352 g/mol. The van der Waals surface area contributed by atoms with E-state index < -0.39 is 5.97 Å². The zero-order valence-electron chi connectivity index (χ0n) is 15.3. The SMILES string of the molecule is C[C@@H]1CN(C(=O)COC(=O)c2ccc(N3C(=O)CCC3=O)cc2)C[C@@H](C)O1. The van der Waals surface area contributed by atoms with Crippen molar-refractivity contribution in [1.29, 1.82) is 0 Å². The Kier molecular flexibility index (Phi) is 5.55. The van der Waals surface area contributed by atoms with E-state index in [1.54, 1.807) is 4.90 Å². The Morgan fingerprint density at radius 3 is 2.15 bits per heavy atom. The summed E-state index contributed by atoms with van der Waals surface area (Å²) in [5, 5.41) is 0. The number of carbonyl (C=O) groups is 4. The Bertz CT molecular complexity index is 734. The molecule has 2 atom stereocenters. The van der Waals surface area contributed by atoms with Crippen LogP contribution in [0.3, 0.4) is 0 Å². The molecule has 0 N–H and O–H groups in total. The highest BCUT2D eigenvalue weighted by atomic mass is 16.5. The maximum absolute atomic E-state index is 12.2. The van der Waals surface area contributed by atoms with Crippen LogP contribution in [0.4, 0.5) is 5.69 Å². The number of benzene rings is 1. The number of anilines is 1. The van der Waals surface area contributed by atoms with Crippen LogP contribution in [0.15, 0.2) is 24.3 Å². The van der Waals surface area contributed by atoms with Crippen molar-refractivity contribution in [3.05, 3.63) is 29.8 Å². The van der Waals surface area contributed by atoms with Crippen molar-refractivity contribution >= 4 is 29.4 Å². The van der Waals surface area contributed by atoms with Gasteiger partial charge in [-0.1, -0.05) is 0 Å². The van der Waals surface area contributed by atoms with Crippen LogP contribution < -0.4 is 4.90 Å². The summed E-state index contributed by atoms with van der Waals surface area (Å²) in [6.45, 7) is 4.36. The van der Waals surface area contributed by atoms with Gasteiger partial charge in [-0.05, 0) is 38.1 Å². The molecule has 3 rings (SSSR count). The molecule has 2 fully saturated rings. The lowest BCUT2D eigenvalue weighted by atomic mass is 10.2. The summed E-state index contributed by atoms with van der Waals surface area (Å²) >= 11 is 0. The fourth-order valence-electron chi connectivity index (χ4n) is 3.29. The predicted molar refractivity (Wildman–Crippen MR) is 95.0 cm³/mol. The minimum absolute atomic E-state index is 0.0584. The molecule has 0 saturated carbocycles. The van der Waals surface area contributed by atoms with Crippen LogP contribution in [-0.2, 0) is 23.9 Å². The number of ether oxygens (including phenoxy) is 2. The molecule has 0 bridgehead atoms. The highest BCUT2D eigenvalue weighted by molar-refractivity contribution is 6.19. The van der Waals surface area contributed by atoms with Crippen LogP contribution in [0.1, 0.15) is 37.0 Å². The lowest BCUT2D eigenvalue weighted by molar-refractivity contribution is -0.146. The summed E-state index contributed by atoms with van der Waals surface area (Å²) in [6.07, 6.45) is 0.279. The smallest absolute Gasteiger partial charge is 0.338 e. The van der Waals surface area contributed by atoms with Crippen LogP contribution in [-0.4, -0.2) is 60.5 Å². The lowest BCUT2D eigenvalue weighted by Gasteiger charge is -2.35. The number of amides is 3. The Hall–Kier alpha value is -2.74. The highest BCUT2D eigenvalue weighted by Crippen LogP contribution is 2.23. The minimum Gasteiger partial charge on any atom is -0.452 e. The van der Waals surface area contributed by atoms with E-state index >= 15 is 0 Å². The number of hydrogen-bond donors (Lipinski definition) is 0. The van der Waals surface area contributed by atoms with Gasteiger partial charge < -0.3 is 14.4 Å². The topological polar surface area (TPSA) is 93.2 Å². The summed E-state index contributed by atoms with van der Waals surface area (Å²) in [4.78, 5) is 50.6. The fourth-order valence-corrected chi connectivity index (χ4v) is 3.29. The first-order valence-corrected chi connectivity index (χ1v) is 8.91. The van der Waals surface area contributed by atoms with Crippen molar-refractivity contribution in [2.24, 2.45) is 0 Å². The van der Waals surface area contributed by atoms with E-state index in [9.17, 15) is 19.2 Å². The van der Waals surface area contributed by atoms with Gasteiger partial charge in [-0.3, -0.25) is 19.3 Å². The van der Waals surface area contributed by atoms with Crippen molar-refractivity contribution in [3.63, 3.8) is 0 Å². The van der Waals surface area contributed by atoms with Crippen LogP contribution >= 0.6 is 0 Å². The van der Waals surface area contributed by atoms with E-state index in [0.717, 1.165) is 4.90 Å². The van der Waals surface area contributed by atoms with Gasteiger partial charge in [0.25, 0.3) is 5.91 Å². The Labute approximate surface area is 157 Å². The van der Waals surface area contributed by atoms with E-state index in [1.165, 1.54) is 24.3 Å². The molecule has 0 aromatic heterocycles. The first kappa shape index (κ1) is 19.0. The molecule has 3 amide bonds. The van der Waals surface area contributed by atoms with Crippen LogP contribution in [0, 0.1) is 0 Å². The Balaban J connectivity index is 1.56. The van der Waals surface area contributed by atoms with Crippen LogP contribution in [0.25, 0.3) is 0 Å². The molecule has 0 aliphatic carbocycles.